The van der Waals surface area contributed by atoms with Gasteiger partial charge in [0, 0.05) is 21.9 Å². The van der Waals surface area contributed by atoms with Crippen LogP contribution in [0.1, 0.15) is 36.1 Å². The van der Waals surface area contributed by atoms with Gasteiger partial charge in [0.15, 0.2) is 0 Å². The molecule has 5 N–H and O–H groups in total. The minimum absolute atomic E-state index is 0.222. The summed E-state index contributed by atoms with van der Waals surface area (Å²) < 4.78 is -0.315. The van der Waals surface area contributed by atoms with Crippen LogP contribution in [0, 0.1) is 0 Å². The first-order chi connectivity index (χ1) is 16.5. The Labute approximate surface area is 207 Å². The van der Waals surface area contributed by atoms with Crippen LogP contribution >= 0.6 is 23.1 Å². The lowest BCUT2D eigenvalue weighted by Crippen LogP contribution is -2.37. The predicted octanol–water partition coefficient (Wildman–Crippen LogP) is 4.93. The number of hydroxylamine groups is 1. The lowest BCUT2D eigenvalue weighted by atomic mass is 9.94. The average molecular weight is 496 g/mol. The molecule has 0 saturated carbocycles. The molecule has 0 unspecified atom stereocenters. The standard InChI is InChI=1S/C26H29N3O3S2/c27-21(15-18-7-2-1-3-8-18)25(31)28-20-10-6-9-19(16-20)22-11-12-23(34-22)26(17-24(30)29-32)13-4-5-14-33-26/h1-3,6-12,16,21,32H,4-5,13-15,17,27H2,(H,28,31)(H,29,30)/t21-,26-/m0/s1. The third-order valence-electron chi connectivity index (χ3n) is 6.03. The van der Waals surface area contributed by atoms with Crippen LogP contribution in [0.5, 0.6) is 0 Å². The number of hydrogen-bond acceptors (Lipinski definition) is 6. The van der Waals surface area contributed by atoms with Crippen LogP contribution in [0.3, 0.4) is 0 Å². The van der Waals surface area contributed by atoms with E-state index in [0.717, 1.165) is 45.9 Å². The van der Waals surface area contributed by atoms with Crippen molar-refractivity contribution in [3.8, 4) is 10.4 Å². The van der Waals surface area contributed by atoms with Crippen LogP contribution in [0.2, 0.25) is 0 Å². The summed E-state index contributed by atoms with van der Waals surface area (Å²) in [5.74, 6) is 0.415. The highest BCUT2D eigenvalue weighted by molar-refractivity contribution is 8.00. The summed E-state index contributed by atoms with van der Waals surface area (Å²) in [7, 11) is 0. The van der Waals surface area contributed by atoms with Crippen molar-refractivity contribution in [3.05, 3.63) is 77.2 Å². The molecule has 0 bridgehead atoms. The average Bonchev–Trinajstić information content (AvgIpc) is 3.37. The van der Waals surface area contributed by atoms with E-state index < -0.39 is 6.04 Å². The third kappa shape index (κ3) is 5.88. The van der Waals surface area contributed by atoms with Gasteiger partial charge in [0.05, 0.1) is 10.8 Å². The second-order valence-corrected chi connectivity index (χ2v) is 11.1. The van der Waals surface area contributed by atoms with E-state index in [-0.39, 0.29) is 23.0 Å². The molecule has 0 aliphatic carbocycles. The topological polar surface area (TPSA) is 104 Å². The second-order valence-electron chi connectivity index (χ2n) is 8.54. The zero-order valence-electron chi connectivity index (χ0n) is 18.8. The molecular formula is C26H29N3O3S2. The first-order valence-electron chi connectivity index (χ1n) is 11.4. The Morgan fingerprint density at radius 3 is 2.62 bits per heavy atom. The number of hydrogen-bond donors (Lipinski definition) is 4. The Bertz CT molecular complexity index is 1130. The molecule has 178 valence electrons. The molecule has 2 amide bonds. The van der Waals surface area contributed by atoms with Crippen molar-refractivity contribution in [1.29, 1.82) is 0 Å². The van der Waals surface area contributed by atoms with Gasteiger partial charge in [-0.05, 0) is 60.4 Å². The number of thioether (sulfide) groups is 1. The van der Waals surface area contributed by atoms with Gasteiger partial charge < -0.3 is 11.1 Å². The summed E-state index contributed by atoms with van der Waals surface area (Å²) in [4.78, 5) is 26.9. The van der Waals surface area contributed by atoms with Gasteiger partial charge >= 0.3 is 0 Å². The van der Waals surface area contributed by atoms with Crippen molar-refractivity contribution >= 4 is 40.6 Å². The van der Waals surface area contributed by atoms with E-state index in [4.69, 9.17) is 10.9 Å². The molecule has 1 aromatic heterocycles. The zero-order valence-corrected chi connectivity index (χ0v) is 20.5. The molecule has 1 saturated heterocycles. The van der Waals surface area contributed by atoms with Gasteiger partial charge in [0.2, 0.25) is 11.8 Å². The van der Waals surface area contributed by atoms with Crippen LogP contribution in [0.25, 0.3) is 10.4 Å². The maximum atomic E-state index is 12.7. The van der Waals surface area contributed by atoms with E-state index in [9.17, 15) is 9.59 Å². The molecule has 3 aromatic rings. The molecule has 1 aliphatic heterocycles. The Balaban J connectivity index is 1.48. The molecule has 2 aromatic carbocycles. The summed E-state index contributed by atoms with van der Waals surface area (Å²) in [5, 5.41) is 12.0. The third-order valence-corrected chi connectivity index (χ3v) is 9.11. The van der Waals surface area contributed by atoms with Gasteiger partial charge in [-0.2, -0.15) is 0 Å². The molecule has 34 heavy (non-hydrogen) atoms. The van der Waals surface area contributed by atoms with Crippen molar-refractivity contribution in [3.63, 3.8) is 0 Å². The van der Waals surface area contributed by atoms with Gasteiger partial charge in [-0.3, -0.25) is 14.8 Å². The van der Waals surface area contributed by atoms with Crippen molar-refractivity contribution in [2.45, 2.75) is 42.9 Å². The van der Waals surface area contributed by atoms with Crippen molar-refractivity contribution in [2.75, 3.05) is 11.1 Å². The first kappa shape index (κ1) is 24.5. The molecule has 6 nitrogen and oxygen atoms in total. The molecule has 1 fully saturated rings. The number of carbonyl (C=O) groups excluding carboxylic acids is 2. The zero-order chi connectivity index (χ0) is 24.0. The molecule has 2 atom stereocenters. The van der Waals surface area contributed by atoms with E-state index >= 15 is 0 Å². The van der Waals surface area contributed by atoms with Crippen LogP contribution in [-0.4, -0.2) is 28.8 Å². The SMILES string of the molecule is N[C@@H](Cc1ccccc1)C(=O)Nc1cccc(-c2ccc([C@@]3(CC(=O)NO)CCCCS3)s2)c1. The van der Waals surface area contributed by atoms with Crippen molar-refractivity contribution < 1.29 is 14.8 Å². The Morgan fingerprint density at radius 1 is 1.06 bits per heavy atom. The molecule has 0 radical (unpaired) electrons. The number of thiophene rings is 1. The number of anilines is 1. The molecule has 0 spiro atoms. The lowest BCUT2D eigenvalue weighted by Gasteiger charge is -2.35. The van der Waals surface area contributed by atoms with Gasteiger partial charge in [-0.1, -0.05) is 48.9 Å². The van der Waals surface area contributed by atoms with Crippen LogP contribution in [-0.2, 0) is 20.8 Å². The normalized spacial score (nSPS) is 18.8. The van der Waals surface area contributed by atoms with E-state index in [2.05, 4.69) is 17.4 Å². The first-order valence-corrected chi connectivity index (χ1v) is 13.2. The van der Waals surface area contributed by atoms with Crippen LogP contribution in [0.15, 0.2) is 66.7 Å². The largest absolute Gasteiger partial charge is 0.325 e. The van der Waals surface area contributed by atoms with Gasteiger partial charge in [0.25, 0.3) is 0 Å². The minimum atomic E-state index is -0.639. The van der Waals surface area contributed by atoms with E-state index in [1.165, 1.54) is 0 Å². The molecule has 1 aliphatic rings. The fraction of sp³-hybridized carbons (Fsp3) is 0.308. The van der Waals surface area contributed by atoms with Gasteiger partial charge in [0.1, 0.15) is 0 Å². The number of benzene rings is 2. The number of rotatable bonds is 8. The number of nitrogens with one attached hydrogen (secondary N) is 2. The van der Waals surface area contributed by atoms with Crippen molar-refractivity contribution in [1.82, 2.24) is 5.48 Å². The summed E-state index contributed by atoms with van der Waals surface area (Å²) in [6.45, 7) is 0. The number of amides is 2. The molecule has 8 heteroatoms. The Morgan fingerprint density at radius 2 is 1.88 bits per heavy atom. The van der Waals surface area contributed by atoms with E-state index in [1.807, 2.05) is 54.6 Å². The highest BCUT2D eigenvalue weighted by Crippen LogP contribution is 2.50. The fourth-order valence-electron chi connectivity index (χ4n) is 4.26. The summed E-state index contributed by atoms with van der Waals surface area (Å²) in [5.41, 5.74) is 10.6. The molecular weight excluding hydrogens is 466 g/mol. The second kappa shape index (κ2) is 11.2. The monoisotopic (exact) mass is 495 g/mol. The number of carbonyl (C=O) groups is 2. The minimum Gasteiger partial charge on any atom is -0.325 e. The number of nitrogens with two attached hydrogens (primary N) is 1. The Kier molecular flexibility index (Phi) is 8.05. The molecule has 4 rings (SSSR count). The maximum absolute atomic E-state index is 12.7. The van der Waals surface area contributed by atoms with E-state index in [1.54, 1.807) is 28.6 Å². The smallest absolute Gasteiger partial charge is 0.245 e. The Hall–Kier alpha value is -2.65. The van der Waals surface area contributed by atoms with Crippen LogP contribution < -0.4 is 16.5 Å². The summed E-state index contributed by atoms with van der Waals surface area (Å²) in [6, 6.07) is 21.0. The highest BCUT2D eigenvalue weighted by Gasteiger charge is 2.38. The van der Waals surface area contributed by atoms with Crippen LogP contribution in [0.4, 0.5) is 5.69 Å². The van der Waals surface area contributed by atoms with E-state index in [0.29, 0.717) is 12.1 Å². The maximum Gasteiger partial charge on any atom is 0.245 e. The van der Waals surface area contributed by atoms with Gasteiger partial charge in [-0.25, -0.2) is 5.48 Å². The van der Waals surface area contributed by atoms with Gasteiger partial charge in [-0.15, -0.1) is 23.1 Å². The predicted molar refractivity (Wildman–Crippen MR) is 139 cm³/mol. The van der Waals surface area contributed by atoms with Crippen molar-refractivity contribution in [2.24, 2.45) is 5.73 Å². The molecule has 2 heterocycles. The highest BCUT2D eigenvalue weighted by atomic mass is 32.2. The lowest BCUT2D eigenvalue weighted by molar-refractivity contribution is -0.129. The summed E-state index contributed by atoms with van der Waals surface area (Å²) in [6.07, 6.45) is 3.83. The summed E-state index contributed by atoms with van der Waals surface area (Å²) >= 11 is 3.46. The fourth-order valence-corrected chi connectivity index (χ4v) is 7.14. The quantitative estimate of drug-likeness (QED) is 0.262.